The number of hydrogen-bond donors (Lipinski definition) is 0. The molecule has 0 unspecified atom stereocenters. The van der Waals surface area contributed by atoms with E-state index in [1.807, 2.05) is 0 Å². The van der Waals surface area contributed by atoms with Crippen LogP contribution in [0.1, 0.15) is 0 Å². The van der Waals surface area contributed by atoms with Gasteiger partial charge in [-0.1, -0.05) is 17.3 Å². The number of fused-ring (bicyclic) bond motifs is 1. The van der Waals surface area contributed by atoms with Gasteiger partial charge in [-0.2, -0.15) is 4.98 Å². The summed E-state index contributed by atoms with van der Waals surface area (Å²) >= 11 is 0. The summed E-state index contributed by atoms with van der Waals surface area (Å²) in [6, 6.07) is 9.86. The average molecular weight is 281 g/mol. The van der Waals surface area contributed by atoms with Crippen LogP contribution in [-0.4, -0.2) is 24.7 Å². The molecule has 0 aliphatic heterocycles. The van der Waals surface area contributed by atoms with Crippen molar-refractivity contribution in [3.63, 3.8) is 0 Å². The van der Waals surface area contributed by atoms with Gasteiger partial charge in [0.25, 0.3) is 5.89 Å². The summed E-state index contributed by atoms with van der Waals surface area (Å²) in [5, 5.41) is 11.6. The van der Waals surface area contributed by atoms with E-state index in [1.165, 1.54) is 6.07 Å². The molecule has 1 aromatic carbocycles. The van der Waals surface area contributed by atoms with Crippen molar-refractivity contribution < 1.29 is 8.91 Å². The molecule has 0 fully saturated rings. The van der Waals surface area contributed by atoms with Crippen molar-refractivity contribution in [2.45, 2.75) is 0 Å². The molecule has 0 amide bonds. The second-order valence-corrected chi connectivity index (χ2v) is 4.42. The summed E-state index contributed by atoms with van der Waals surface area (Å²) in [6.07, 6.45) is 3.36. The van der Waals surface area contributed by atoms with Crippen molar-refractivity contribution in [2.24, 2.45) is 0 Å². The number of halogens is 1. The van der Waals surface area contributed by atoms with Crippen molar-refractivity contribution in [3.8, 4) is 22.8 Å². The van der Waals surface area contributed by atoms with E-state index in [-0.39, 0.29) is 11.5 Å². The molecular weight excluding hydrogens is 273 g/mol. The summed E-state index contributed by atoms with van der Waals surface area (Å²) in [5.74, 6) is 0.123. The van der Waals surface area contributed by atoms with E-state index >= 15 is 0 Å². The lowest BCUT2D eigenvalue weighted by Gasteiger charge is -1.96. The Kier molecular flexibility index (Phi) is 2.50. The Bertz CT molecular complexity index is 930. The van der Waals surface area contributed by atoms with Gasteiger partial charge in [0.05, 0.1) is 5.56 Å². The molecule has 0 bridgehead atoms. The van der Waals surface area contributed by atoms with Gasteiger partial charge in [0, 0.05) is 11.8 Å². The largest absolute Gasteiger partial charge is 0.334 e. The van der Waals surface area contributed by atoms with Crippen LogP contribution in [0.4, 0.5) is 4.39 Å². The predicted molar refractivity (Wildman–Crippen MR) is 71.7 cm³/mol. The minimum Gasteiger partial charge on any atom is -0.334 e. The van der Waals surface area contributed by atoms with Crippen LogP contribution in [0.15, 0.2) is 53.4 Å². The van der Waals surface area contributed by atoms with Gasteiger partial charge in [0.15, 0.2) is 5.65 Å². The monoisotopic (exact) mass is 281 g/mol. The third kappa shape index (κ3) is 1.95. The summed E-state index contributed by atoms with van der Waals surface area (Å²) in [6.45, 7) is 0. The van der Waals surface area contributed by atoms with Gasteiger partial charge >= 0.3 is 0 Å². The van der Waals surface area contributed by atoms with E-state index < -0.39 is 5.82 Å². The Labute approximate surface area is 117 Å². The lowest BCUT2D eigenvalue weighted by atomic mass is 10.2. The maximum atomic E-state index is 13.7. The fourth-order valence-corrected chi connectivity index (χ4v) is 2.04. The number of nitrogens with zero attached hydrogens (tertiary/aromatic N) is 5. The SMILES string of the molecule is Fc1ccccc1-c1nc(-c2ccc3nncn3c2)no1. The summed E-state index contributed by atoms with van der Waals surface area (Å²) in [4.78, 5) is 4.23. The predicted octanol–water partition coefficient (Wildman–Crippen LogP) is 2.59. The molecule has 0 saturated carbocycles. The molecule has 0 aliphatic rings. The van der Waals surface area contributed by atoms with Gasteiger partial charge in [-0.15, -0.1) is 10.2 Å². The Morgan fingerprint density at radius 3 is 2.90 bits per heavy atom. The van der Waals surface area contributed by atoms with E-state index in [1.54, 1.807) is 47.3 Å². The summed E-state index contributed by atoms with van der Waals surface area (Å²) in [7, 11) is 0. The lowest BCUT2D eigenvalue weighted by Crippen LogP contribution is -1.87. The van der Waals surface area contributed by atoms with Crippen molar-refractivity contribution >= 4 is 5.65 Å². The third-order valence-electron chi connectivity index (χ3n) is 3.08. The van der Waals surface area contributed by atoms with Crippen LogP contribution in [-0.2, 0) is 0 Å². The van der Waals surface area contributed by atoms with Crippen LogP contribution in [0, 0.1) is 5.82 Å². The molecule has 0 saturated heterocycles. The van der Waals surface area contributed by atoms with Gasteiger partial charge in [0.1, 0.15) is 12.1 Å². The highest BCUT2D eigenvalue weighted by molar-refractivity contribution is 5.61. The Morgan fingerprint density at radius 1 is 1.10 bits per heavy atom. The molecule has 0 spiro atoms. The maximum absolute atomic E-state index is 13.7. The van der Waals surface area contributed by atoms with Gasteiger partial charge in [0.2, 0.25) is 5.82 Å². The molecule has 4 rings (SSSR count). The normalized spacial score (nSPS) is 11.1. The third-order valence-corrected chi connectivity index (χ3v) is 3.08. The highest BCUT2D eigenvalue weighted by atomic mass is 19.1. The summed E-state index contributed by atoms with van der Waals surface area (Å²) in [5.41, 5.74) is 1.73. The van der Waals surface area contributed by atoms with Crippen LogP contribution >= 0.6 is 0 Å². The zero-order valence-electron chi connectivity index (χ0n) is 10.6. The van der Waals surface area contributed by atoms with Crippen LogP contribution in [0.25, 0.3) is 28.5 Å². The van der Waals surface area contributed by atoms with Crippen molar-refractivity contribution in [1.29, 1.82) is 0 Å². The smallest absolute Gasteiger partial charge is 0.261 e. The van der Waals surface area contributed by atoms with E-state index in [2.05, 4.69) is 20.3 Å². The molecule has 0 atom stereocenters. The molecule has 4 aromatic rings. The average Bonchev–Trinajstić information content (AvgIpc) is 3.16. The number of benzene rings is 1. The number of hydrogen-bond acceptors (Lipinski definition) is 5. The van der Waals surface area contributed by atoms with Gasteiger partial charge in [-0.05, 0) is 24.3 Å². The molecule has 0 N–H and O–H groups in total. The highest BCUT2D eigenvalue weighted by Crippen LogP contribution is 2.24. The number of aromatic nitrogens is 5. The van der Waals surface area contributed by atoms with E-state index in [0.717, 1.165) is 11.2 Å². The van der Waals surface area contributed by atoms with E-state index in [0.29, 0.717) is 5.82 Å². The topological polar surface area (TPSA) is 69.1 Å². The number of rotatable bonds is 2. The fraction of sp³-hybridized carbons (Fsp3) is 0. The minimum absolute atomic E-state index is 0.145. The van der Waals surface area contributed by atoms with Crippen molar-refractivity contribution in [2.75, 3.05) is 0 Å². The summed E-state index contributed by atoms with van der Waals surface area (Å²) < 4.78 is 20.6. The molecular formula is C14H8FN5O. The van der Waals surface area contributed by atoms with Gasteiger partial charge < -0.3 is 4.52 Å². The minimum atomic E-state index is -0.401. The number of pyridine rings is 1. The maximum Gasteiger partial charge on any atom is 0.261 e. The fourth-order valence-electron chi connectivity index (χ4n) is 2.04. The molecule has 0 aliphatic carbocycles. The first-order chi connectivity index (χ1) is 10.3. The van der Waals surface area contributed by atoms with E-state index in [4.69, 9.17) is 4.52 Å². The molecule has 6 nitrogen and oxygen atoms in total. The van der Waals surface area contributed by atoms with Crippen LogP contribution in [0.2, 0.25) is 0 Å². The first-order valence-electron chi connectivity index (χ1n) is 6.20. The van der Waals surface area contributed by atoms with Crippen LogP contribution < -0.4 is 0 Å². The molecule has 21 heavy (non-hydrogen) atoms. The van der Waals surface area contributed by atoms with Crippen molar-refractivity contribution in [1.82, 2.24) is 24.7 Å². The van der Waals surface area contributed by atoms with Crippen LogP contribution in [0.3, 0.4) is 0 Å². The standard InChI is InChI=1S/C14H8FN5O/c15-11-4-2-1-3-10(11)14-17-13(19-21-14)9-5-6-12-18-16-8-20(12)7-9/h1-8H. The van der Waals surface area contributed by atoms with E-state index in [9.17, 15) is 4.39 Å². The van der Waals surface area contributed by atoms with Gasteiger partial charge in [-0.25, -0.2) is 4.39 Å². The second kappa shape index (κ2) is 4.48. The first kappa shape index (κ1) is 11.7. The molecule has 3 heterocycles. The first-order valence-corrected chi connectivity index (χ1v) is 6.20. The molecule has 7 heteroatoms. The quantitative estimate of drug-likeness (QED) is 0.565. The Balaban J connectivity index is 1.78. The molecule has 3 aromatic heterocycles. The second-order valence-electron chi connectivity index (χ2n) is 4.42. The lowest BCUT2D eigenvalue weighted by molar-refractivity contribution is 0.429. The zero-order valence-corrected chi connectivity index (χ0v) is 10.6. The Morgan fingerprint density at radius 2 is 2.00 bits per heavy atom. The van der Waals surface area contributed by atoms with Crippen LogP contribution in [0.5, 0.6) is 0 Å². The molecule has 0 radical (unpaired) electrons. The Hall–Kier alpha value is -3.09. The van der Waals surface area contributed by atoms with Gasteiger partial charge in [-0.3, -0.25) is 4.40 Å². The molecule has 102 valence electrons. The zero-order chi connectivity index (χ0) is 14.2. The van der Waals surface area contributed by atoms with Crippen molar-refractivity contribution in [3.05, 3.63) is 54.7 Å². The highest BCUT2D eigenvalue weighted by Gasteiger charge is 2.14.